The highest BCUT2D eigenvalue weighted by atomic mass is 32.2. The molecule has 8 nitrogen and oxygen atoms in total. The number of fused-ring (bicyclic) bond motifs is 2. The minimum absolute atomic E-state index is 0. The summed E-state index contributed by atoms with van der Waals surface area (Å²) in [5.41, 5.74) is 3.49. The quantitative estimate of drug-likeness (QED) is 0.486. The first kappa shape index (κ1) is 22.7. The maximum Gasteiger partial charge on any atom is 0.235 e. The predicted octanol–water partition coefficient (Wildman–Crippen LogP) is 4.16. The van der Waals surface area contributed by atoms with E-state index < -0.39 is 15.4 Å². The van der Waals surface area contributed by atoms with E-state index in [4.69, 9.17) is 9.47 Å². The van der Waals surface area contributed by atoms with Crippen LogP contribution in [0.1, 0.15) is 51.9 Å². The summed E-state index contributed by atoms with van der Waals surface area (Å²) >= 11 is 0. The van der Waals surface area contributed by atoms with Crippen LogP contribution in [0.2, 0.25) is 0 Å². The molecule has 2 aromatic carbocycles. The number of benzene rings is 2. The molecule has 5 rings (SSSR count). The Kier molecular flexibility index (Phi) is 5.18. The smallest absolute Gasteiger partial charge is 0.235 e. The number of hydrogen-bond acceptors (Lipinski definition) is 5. The van der Waals surface area contributed by atoms with Gasteiger partial charge in [-0.2, -0.15) is 0 Å². The van der Waals surface area contributed by atoms with Crippen molar-refractivity contribution in [2.24, 2.45) is 0 Å². The van der Waals surface area contributed by atoms with Crippen LogP contribution in [0, 0.1) is 0 Å². The topological polar surface area (TPSA) is 110 Å². The molecule has 3 aromatic rings. The molecule has 1 aliphatic heterocycles. The Labute approximate surface area is 200 Å². The fourth-order valence-electron chi connectivity index (χ4n) is 4.36. The highest BCUT2D eigenvalue weighted by Crippen LogP contribution is 2.51. The molecular weight excluding hydrogens is 454 g/mol. The second-order valence-electron chi connectivity index (χ2n) is 10.2. The van der Waals surface area contributed by atoms with Crippen LogP contribution in [0.25, 0.3) is 10.9 Å². The SMILES string of the molecule is CC(C)(C)c1cc2cc(NC(=O)C3(c4ccc5c(c4)OCO5)CC3)cc(CNS(C)(=O)=O)c2[nH]1.[HH]. The minimum atomic E-state index is -3.38. The molecule has 0 spiro atoms. The van der Waals surface area contributed by atoms with Crippen molar-refractivity contribution >= 4 is 32.5 Å². The third-order valence-electron chi connectivity index (χ3n) is 6.51. The summed E-state index contributed by atoms with van der Waals surface area (Å²) in [5, 5.41) is 4.00. The second-order valence-corrected chi connectivity index (χ2v) is 12.1. The Hall–Kier alpha value is -3.04. The number of amides is 1. The molecule has 0 unspecified atom stereocenters. The normalized spacial score (nSPS) is 16.6. The number of hydrogen-bond donors (Lipinski definition) is 3. The number of H-pyrrole nitrogens is 1. The van der Waals surface area contributed by atoms with E-state index in [1.807, 2.05) is 30.3 Å². The number of sulfonamides is 1. The Morgan fingerprint density at radius 2 is 1.85 bits per heavy atom. The van der Waals surface area contributed by atoms with Gasteiger partial charge in [-0.15, -0.1) is 0 Å². The van der Waals surface area contributed by atoms with Gasteiger partial charge in [0.1, 0.15) is 0 Å². The van der Waals surface area contributed by atoms with Crippen molar-refractivity contribution in [3.63, 3.8) is 0 Å². The number of anilines is 1. The summed E-state index contributed by atoms with van der Waals surface area (Å²) in [6.45, 7) is 6.64. The van der Waals surface area contributed by atoms with Crippen molar-refractivity contribution in [3.8, 4) is 11.5 Å². The molecule has 3 N–H and O–H groups in total. The fourth-order valence-corrected chi connectivity index (χ4v) is 4.78. The van der Waals surface area contributed by atoms with Crippen molar-refractivity contribution in [1.29, 1.82) is 0 Å². The molecule has 0 radical (unpaired) electrons. The molecule has 0 bridgehead atoms. The second kappa shape index (κ2) is 7.74. The summed E-state index contributed by atoms with van der Waals surface area (Å²) in [6.07, 6.45) is 2.64. The van der Waals surface area contributed by atoms with Crippen molar-refractivity contribution in [1.82, 2.24) is 9.71 Å². The number of carbonyl (C=O) groups excluding carboxylic acids is 1. The summed E-state index contributed by atoms with van der Waals surface area (Å²) < 4.78 is 36.9. The zero-order valence-electron chi connectivity index (χ0n) is 19.7. The number of rotatable bonds is 6. The Morgan fingerprint density at radius 3 is 2.53 bits per heavy atom. The first-order valence-corrected chi connectivity index (χ1v) is 13.2. The number of carbonyl (C=O) groups is 1. The molecule has 1 aliphatic carbocycles. The summed E-state index contributed by atoms with van der Waals surface area (Å²) in [7, 11) is -3.38. The van der Waals surface area contributed by atoms with Gasteiger partial charge in [-0.3, -0.25) is 4.79 Å². The zero-order valence-corrected chi connectivity index (χ0v) is 20.6. The third kappa shape index (κ3) is 4.25. The van der Waals surface area contributed by atoms with Crippen LogP contribution < -0.4 is 19.5 Å². The van der Waals surface area contributed by atoms with Crippen LogP contribution in [0.3, 0.4) is 0 Å². The van der Waals surface area contributed by atoms with Crippen LogP contribution in [0.15, 0.2) is 36.4 Å². The van der Waals surface area contributed by atoms with Crippen molar-refractivity contribution in [3.05, 3.63) is 53.2 Å². The van der Waals surface area contributed by atoms with E-state index in [0.717, 1.165) is 46.8 Å². The molecule has 1 saturated carbocycles. The first-order valence-electron chi connectivity index (χ1n) is 11.3. The summed E-state index contributed by atoms with van der Waals surface area (Å²) in [5.74, 6) is 1.27. The van der Waals surface area contributed by atoms with E-state index in [9.17, 15) is 13.2 Å². The average Bonchev–Trinajstić information content (AvgIpc) is 3.22. The van der Waals surface area contributed by atoms with Gasteiger partial charge in [0.05, 0.1) is 17.2 Å². The van der Waals surface area contributed by atoms with Crippen molar-refractivity contribution in [2.45, 2.75) is 51.0 Å². The summed E-state index contributed by atoms with van der Waals surface area (Å²) in [4.78, 5) is 16.9. The van der Waals surface area contributed by atoms with Gasteiger partial charge in [-0.25, -0.2) is 13.1 Å². The van der Waals surface area contributed by atoms with Gasteiger partial charge in [0.25, 0.3) is 0 Å². The molecule has 9 heteroatoms. The van der Waals surface area contributed by atoms with E-state index in [2.05, 4.69) is 41.9 Å². The van der Waals surface area contributed by atoms with Gasteiger partial charge >= 0.3 is 0 Å². The minimum Gasteiger partial charge on any atom is -0.454 e. The van der Waals surface area contributed by atoms with Gasteiger partial charge in [-0.05, 0) is 54.3 Å². The molecule has 1 fully saturated rings. The number of nitrogens with one attached hydrogen (secondary N) is 3. The van der Waals surface area contributed by atoms with Crippen LogP contribution in [-0.4, -0.2) is 32.4 Å². The predicted molar refractivity (Wildman–Crippen MR) is 133 cm³/mol. The molecule has 182 valence electrons. The van der Waals surface area contributed by atoms with Gasteiger partial charge in [0, 0.05) is 30.2 Å². The molecule has 2 heterocycles. The lowest BCUT2D eigenvalue weighted by molar-refractivity contribution is -0.118. The summed E-state index contributed by atoms with van der Waals surface area (Å²) in [6, 6.07) is 11.5. The van der Waals surface area contributed by atoms with Gasteiger partial charge in [0.2, 0.25) is 22.7 Å². The van der Waals surface area contributed by atoms with Crippen LogP contribution in [-0.2, 0) is 32.2 Å². The lowest BCUT2D eigenvalue weighted by Gasteiger charge is -2.17. The lowest BCUT2D eigenvalue weighted by atomic mass is 9.92. The largest absolute Gasteiger partial charge is 0.454 e. The Morgan fingerprint density at radius 1 is 1.12 bits per heavy atom. The zero-order chi connectivity index (χ0) is 24.3. The average molecular weight is 486 g/mol. The molecule has 1 amide bonds. The van der Waals surface area contributed by atoms with E-state index >= 15 is 0 Å². The van der Waals surface area contributed by atoms with Crippen molar-refractivity contribution < 1.29 is 24.1 Å². The van der Waals surface area contributed by atoms with E-state index in [1.54, 1.807) is 0 Å². The monoisotopic (exact) mass is 485 g/mol. The maximum absolute atomic E-state index is 13.4. The molecule has 1 aromatic heterocycles. The van der Waals surface area contributed by atoms with E-state index in [0.29, 0.717) is 17.2 Å². The molecule has 2 aliphatic rings. The third-order valence-corrected chi connectivity index (χ3v) is 7.18. The lowest BCUT2D eigenvalue weighted by Crippen LogP contribution is -2.28. The van der Waals surface area contributed by atoms with Crippen molar-refractivity contribution in [2.75, 3.05) is 18.4 Å². The van der Waals surface area contributed by atoms with E-state index in [1.165, 1.54) is 0 Å². The molecular formula is C25H31N3O5S. The van der Waals surface area contributed by atoms with Crippen LogP contribution in [0.5, 0.6) is 11.5 Å². The fraction of sp³-hybridized carbons (Fsp3) is 0.400. The van der Waals surface area contributed by atoms with Gasteiger partial charge < -0.3 is 19.8 Å². The Bertz CT molecular complexity index is 1400. The molecule has 0 atom stereocenters. The van der Waals surface area contributed by atoms with Crippen LogP contribution >= 0.6 is 0 Å². The van der Waals surface area contributed by atoms with Gasteiger partial charge in [0.15, 0.2) is 11.5 Å². The standard InChI is InChI=1S/C25H29N3O5S.H2/c1-24(2,3)21-11-15-9-18(10-16(22(15)28-21)13-26-34(4,30)31)27-23(29)25(7-8-25)17-5-6-19-20(12-17)33-14-32-19;/h5-6,9-12,26,28H,7-8,13-14H2,1-4H3,(H,27,29);1H. The maximum atomic E-state index is 13.4. The highest BCUT2D eigenvalue weighted by molar-refractivity contribution is 7.88. The number of ether oxygens (including phenoxy) is 2. The first-order chi connectivity index (χ1) is 15.9. The highest BCUT2D eigenvalue weighted by Gasteiger charge is 2.51. The molecule has 0 saturated heterocycles. The van der Waals surface area contributed by atoms with Gasteiger partial charge in [-0.1, -0.05) is 26.8 Å². The van der Waals surface area contributed by atoms with E-state index in [-0.39, 0.29) is 26.1 Å². The number of aromatic amines is 1. The number of aromatic nitrogens is 1. The van der Waals surface area contributed by atoms with Crippen LogP contribution in [0.4, 0.5) is 5.69 Å². The Balaban J connectivity index is 0.00000289. The molecule has 34 heavy (non-hydrogen) atoms.